The molecule has 1 aliphatic rings. The third-order valence-electron chi connectivity index (χ3n) is 7.12. The van der Waals surface area contributed by atoms with E-state index in [2.05, 4.69) is 6.92 Å². The molecule has 1 fully saturated rings. The number of hydrogen-bond acceptors (Lipinski definition) is 2. The first-order valence-corrected chi connectivity index (χ1v) is 12.4. The number of carbonyl (C=O) groups excluding carboxylic acids is 1. The minimum absolute atomic E-state index is 0.145. The van der Waals surface area contributed by atoms with Crippen molar-refractivity contribution in [2.24, 2.45) is 5.92 Å². The summed E-state index contributed by atoms with van der Waals surface area (Å²) in [5.41, 5.74) is 0.302. The monoisotopic (exact) mass is 486 g/mol. The second-order valence-electron chi connectivity index (χ2n) is 9.53. The Hall–Kier alpha value is -2.89. The number of rotatable bonds is 7. The molecule has 0 aromatic heterocycles. The van der Waals surface area contributed by atoms with Crippen molar-refractivity contribution in [1.29, 1.82) is 0 Å². The van der Waals surface area contributed by atoms with Crippen molar-refractivity contribution in [3.63, 3.8) is 0 Å². The van der Waals surface area contributed by atoms with E-state index in [4.69, 9.17) is 4.74 Å². The molecule has 186 valence electrons. The molecule has 0 unspecified atom stereocenters. The zero-order chi connectivity index (χ0) is 25.0. The van der Waals surface area contributed by atoms with E-state index in [1.54, 1.807) is 12.1 Å². The number of benzene rings is 3. The molecule has 0 bridgehead atoms. The molecule has 2 nitrogen and oxygen atoms in total. The van der Waals surface area contributed by atoms with Gasteiger partial charge < -0.3 is 4.74 Å². The fourth-order valence-electron chi connectivity index (χ4n) is 5.08. The van der Waals surface area contributed by atoms with Gasteiger partial charge in [0.2, 0.25) is 0 Å². The van der Waals surface area contributed by atoms with E-state index in [-0.39, 0.29) is 16.5 Å². The fraction of sp³-hybridized carbons (Fsp3) is 0.414. The Morgan fingerprint density at radius 2 is 1.66 bits per heavy atom. The van der Waals surface area contributed by atoms with Crippen molar-refractivity contribution in [2.45, 2.75) is 70.4 Å². The second-order valence-corrected chi connectivity index (χ2v) is 9.53. The van der Waals surface area contributed by atoms with Crippen molar-refractivity contribution in [3.8, 4) is 5.75 Å². The zero-order valence-corrected chi connectivity index (χ0v) is 19.8. The molecule has 0 radical (unpaired) electrons. The molecule has 0 heterocycles. The van der Waals surface area contributed by atoms with E-state index in [0.29, 0.717) is 17.5 Å². The van der Waals surface area contributed by atoms with Gasteiger partial charge in [0.05, 0.1) is 11.1 Å². The van der Waals surface area contributed by atoms with Gasteiger partial charge in [-0.05, 0) is 84.9 Å². The van der Waals surface area contributed by atoms with E-state index in [9.17, 15) is 22.4 Å². The van der Waals surface area contributed by atoms with Gasteiger partial charge in [-0.15, -0.1) is 0 Å². The minimum atomic E-state index is -4.77. The Balaban J connectivity index is 1.38. The van der Waals surface area contributed by atoms with E-state index in [0.717, 1.165) is 5.92 Å². The van der Waals surface area contributed by atoms with E-state index in [1.807, 2.05) is 12.1 Å². The van der Waals surface area contributed by atoms with Crippen molar-refractivity contribution < 1.29 is 27.1 Å². The number of fused-ring (bicyclic) bond motifs is 1. The van der Waals surface area contributed by atoms with Gasteiger partial charge in [0.15, 0.2) is 0 Å². The Morgan fingerprint density at radius 1 is 0.943 bits per heavy atom. The van der Waals surface area contributed by atoms with Crippen LogP contribution >= 0.6 is 0 Å². The van der Waals surface area contributed by atoms with Crippen LogP contribution in [-0.2, 0) is 6.18 Å². The maximum atomic E-state index is 14.3. The normalized spacial score (nSPS) is 18.5. The first kappa shape index (κ1) is 25.2. The molecule has 4 rings (SSSR count). The number of unbranched alkanes of at least 4 members (excludes halogenated alkanes) is 2. The highest BCUT2D eigenvalue weighted by molar-refractivity contribution is 5.92. The van der Waals surface area contributed by atoms with Crippen LogP contribution in [0.5, 0.6) is 5.75 Å². The lowest BCUT2D eigenvalue weighted by molar-refractivity contribution is -0.139. The lowest BCUT2D eigenvalue weighted by atomic mass is 9.77. The van der Waals surface area contributed by atoms with Crippen LogP contribution in [0.4, 0.5) is 17.6 Å². The Kier molecular flexibility index (Phi) is 7.78. The maximum Gasteiger partial charge on any atom is 0.419 e. The Morgan fingerprint density at radius 3 is 2.31 bits per heavy atom. The van der Waals surface area contributed by atoms with Gasteiger partial charge in [0.25, 0.3) is 0 Å². The molecule has 3 aromatic carbocycles. The molecule has 35 heavy (non-hydrogen) atoms. The summed E-state index contributed by atoms with van der Waals surface area (Å²) in [6.07, 6.45) is 5.30. The van der Waals surface area contributed by atoms with Crippen molar-refractivity contribution in [1.82, 2.24) is 0 Å². The minimum Gasteiger partial charge on any atom is -0.423 e. The number of ether oxygens (including phenoxy) is 1. The van der Waals surface area contributed by atoms with Crippen LogP contribution in [-0.4, -0.2) is 5.97 Å². The van der Waals surface area contributed by atoms with Gasteiger partial charge in [-0.25, -0.2) is 9.18 Å². The molecule has 1 aliphatic carbocycles. The first-order chi connectivity index (χ1) is 16.8. The molecule has 0 atom stereocenters. The summed E-state index contributed by atoms with van der Waals surface area (Å²) >= 11 is 0. The predicted molar refractivity (Wildman–Crippen MR) is 129 cm³/mol. The summed E-state index contributed by atoms with van der Waals surface area (Å²) in [6, 6.07) is 13.2. The molecule has 6 heteroatoms. The summed E-state index contributed by atoms with van der Waals surface area (Å²) in [6.45, 7) is 2.23. The quantitative estimate of drug-likeness (QED) is 0.144. The van der Waals surface area contributed by atoms with Crippen LogP contribution in [0.2, 0.25) is 0 Å². The average Bonchev–Trinajstić information content (AvgIpc) is 2.84. The van der Waals surface area contributed by atoms with E-state index < -0.39 is 23.5 Å². The highest BCUT2D eigenvalue weighted by atomic mass is 19.4. The summed E-state index contributed by atoms with van der Waals surface area (Å²) in [5.74, 6) is -0.407. The summed E-state index contributed by atoms with van der Waals surface area (Å²) < 4.78 is 58.5. The van der Waals surface area contributed by atoms with Gasteiger partial charge in [-0.2, -0.15) is 13.2 Å². The summed E-state index contributed by atoms with van der Waals surface area (Å²) in [4.78, 5) is 12.6. The number of hydrogen-bond donors (Lipinski definition) is 0. The van der Waals surface area contributed by atoms with E-state index in [1.165, 1.54) is 81.2 Å². The topological polar surface area (TPSA) is 26.3 Å². The van der Waals surface area contributed by atoms with Gasteiger partial charge in [0, 0.05) is 5.39 Å². The van der Waals surface area contributed by atoms with Gasteiger partial charge in [0.1, 0.15) is 11.6 Å². The summed E-state index contributed by atoms with van der Waals surface area (Å²) in [5, 5.41) is 0.0468. The van der Waals surface area contributed by atoms with Crippen LogP contribution in [0.15, 0.2) is 54.6 Å². The molecular weight excluding hydrogens is 456 g/mol. The van der Waals surface area contributed by atoms with Crippen LogP contribution in [0.25, 0.3) is 10.8 Å². The zero-order valence-electron chi connectivity index (χ0n) is 19.8. The van der Waals surface area contributed by atoms with Gasteiger partial charge >= 0.3 is 12.1 Å². The lowest BCUT2D eigenvalue weighted by Gasteiger charge is -2.29. The summed E-state index contributed by atoms with van der Waals surface area (Å²) in [7, 11) is 0. The highest BCUT2D eigenvalue weighted by Crippen LogP contribution is 2.38. The lowest BCUT2D eigenvalue weighted by Crippen LogP contribution is -2.14. The molecule has 0 saturated heterocycles. The average molecular weight is 487 g/mol. The number of esters is 1. The van der Waals surface area contributed by atoms with Crippen LogP contribution in [0, 0.1) is 11.7 Å². The number of carbonyl (C=O) groups is 1. The van der Waals surface area contributed by atoms with Crippen molar-refractivity contribution in [2.75, 3.05) is 0 Å². The molecule has 0 amide bonds. The molecule has 0 aliphatic heterocycles. The molecule has 0 N–H and O–H groups in total. The molecule has 1 saturated carbocycles. The third-order valence-corrected chi connectivity index (χ3v) is 7.12. The van der Waals surface area contributed by atoms with Gasteiger partial charge in [-0.1, -0.05) is 50.8 Å². The second kappa shape index (κ2) is 10.8. The number of alkyl halides is 3. The molecule has 0 spiro atoms. The van der Waals surface area contributed by atoms with Crippen molar-refractivity contribution >= 4 is 16.7 Å². The maximum absolute atomic E-state index is 14.3. The predicted octanol–water partition coefficient (Wildman–Crippen LogP) is 9.07. The Bertz CT molecular complexity index is 1160. The molecule has 3 aromatic rings. The third kappa shape index (κ3) is 6.03. The fourth-order valence-corrected chi connectivity index (χ4v) is 5.08. The van der Waals surface area contributed by atoms with Crippen LogP contribution in [0.1, 0.15) is 85.7 Å². The first-order valence-electron chi connectivity index (χ1n) is 12.4. The SMILES string of the molecule is CCCCCC1CCC(c2ccc(C(=O)Oc3ccc4c(F)c(C(F)(F)F)ccc4c3)cc2)CC1. The largest absolute Gasteiger partial charge is 0.423 e. The highest BCUT2D eigenvalue weighted by Gasteiger charge is 2.34. The van der Waals surface area contributed by atoms with Crippen LogP contribution in [0.3, 0.4) is 0 Å². The Labute approximate surface area is 203 Å². The smallest absolute Gasteiger partial charge is 0.419 e. The van der Waals surface area contributed by atoms with E-state index >= 15 is 0 Å². The van der Waals surface area contributed by atoms with Crippen LogP contribution < -0.4 is 4.74 Å². The standard InChI is InChI=1S/C29H30F4O2/c1-2-3-4-5-19-6-8-20(9-7-19)21-10-12-22(13-11-21)28(34)35-24-15-16-25-23(18-24)14-17-26(27(25)30)29(31,32)33/h10-20H,2-9H2,1H3. The van der Waals surface area contributed by atoms with Crippen molar-refractivity contribution in [3.05, 3.63) is 77.1 Å². The van der Waals surface area contributed by atoms with Gasteiger partial charge in [-0.3, -0.25) is 0 Å². The number of halogens is 4. The molecular formula is C29H30F4O2.